The fourth-order valence-electron chi connectivity index (χ4n) is 0.475. The highest BCUT2D eigenvalue weighted by molar-refractivity contribution is 9.10. The third-order valence-corrected chi connectivity index (χ3v) is 2.55. The minimum atomic E-state index is 0. The molecule has 0 N–H and O–H groups in total. The normalized spacial score (nSPS) is 8.22. The summed E-state index contributed by atoms with van der Waals surface area (Å²) in [5.41, 5.74) is 0. The molecule has 0 radical (unpaired) electrons. The lowest BCUT2D eigenvalue weighted by atomic mass is 10.4. The van der Waals surface area contributed by atoms with E-state index in [0.717, 1.165) is 4.47 Å². The molecule has 1 aromatic rings. The van der Waals surface area contributed by atoms with Crippen molar-refractivity contribution in [1.82, 2.24) is 0 Å². The highest BCUT2D eigenvalue weighted by Gasteiger charge is 1.86. The first-order chi connectivity index (χ1) is 3.80. The fourth-order valence-corrected chi connectivity index (χ4v) is 0.967. The molecule has 1 atom stereocenters. The van der Waals surface area contributed by atoms with E-state index in [1.165, 1.54) is 5.30 Å². The fraction of sp³-hybridized carbons (Fsp3) is 0. The van der Waals surface area contributed by atoms with Gasteiger partial charge >= 0.3 is 0 Å². The molecule has 0 aliphatic carbocycles. The Morgan fingerprint density at radius 2 is 1.78 bits per heavy atom. The van der Waals surface area contributed by atoms with Gasteiger partial charge < -0.3 is 0 Å². The molecule has 0 aliphatic rings. The van der Waals surface area contributed by atoms with Gasteiger partial charge in [-0.25, -0.2) is 0 Å². The van der Waals surface area contributed by atoms with Crippen molar-refractivity contribution in [3.8, 4) is 0 Å². The Morgan fingerprint density at radius 1 is 1.22 bits per heavy atom. The minimum Gasteiger partial charge on any atom is -0.104 e. The van der Waals surface area contributed by atoms with Gasteiger partial charge in [-0.15, -0.1) is 9.24 Å². The molecule has 0 spiro atoms. The van der Waals surface area contributed by atoms with Crippen molar-refractivity contribution in [2.75, 3.05) is 0 Å². The molecule has 0 saturated carbocycles. The summed E-state index contributed by atoms with van der Waals surface area (Å²) in [6, 6.07) is 8.06. The van der Waals surface area contributed by atoms with Gasteiger partial charge in [0.15, 0.2) is 0 Å². The highest BCUT2D eigenvalue weighted by atomic mass is 79.9. The monoisotopic (exact) mass is 202 g/mol. The van der Waals surface area contributed by atoms with Crippen LogP contribution in [0.2, 0.25) is 0 Å². The number of benzene rings is 1. The first-order valence-corrected chi connectivity index (χ1v) is 3.68. The molecule has 0 saturated heterocycles. The van der Waals surface area contributed by atoms with Crippen LogP contribution in [-0.2, 0) is 0 Å². The van der Waals surface area contributed by atoms with Gasteiger partial charge in [0.2, 0.25) is 0 Å². The van der Waals surface area contributed by atoms with E-state index < -0.39 is 0 Å². The van der Waals surface area contributed by atoms with E-state index in [2.05, 4.69) is 25.2 Å². The third-order valence-electron chi connectivity index (χ3n) is 0.905. The number of hydrogen-bond acceptors (Lipinski definition) is 0. The standard InChI is InChI=1S/C6H6BrP.BH3/c7-5-3-1-2-4-6(5)8;/h1-4H,8H2;1H3. The molecule has 0 bridgehead atoms. The predicted molar refractivity (Wildman–Crippen MR) is 53.4 cm³/mol. The summed E-state index contributed by atoms with van der Waals surface area (Å²) >= 11 is 3.37. The molecule has 0 heterocycles. The summed E-state index contributed by atoms with van der Waals surface area (Å²) in [5.74, 6) is 0. The van der Waals surface area contributed by atoms with Gasteiger partial charge in [0.1, 0.15) is 0 Å². The van der Waals surface area contributed by atoms with Crippen molar-refractivity contribution in [1.29, 1.82) is 0 Å². The molecule has 48 valence electrons. The van der Waals surface area contributed by atoms with Gasteiger partial charge in [-0.3, -0.25) is 0 Å². The molecule has 0 amide bonds. The van der Waals surface area contributed by atoms with E-state index in [1.807, 2.05) is 24.3 Å². The summed E-state index contributed by atoms with van der Waals surface area (Å²) in [5, 5.41) is 1.20. The smallest absolute Gasteiger partial charge is 0.0814 e. The summed E-state index contributed by atoms with van der Waals surface area (Å²) in [6.45, 7) is 0. The predicted octanol–water partition coefficient (Wildman–Crippen LogP) is 0.766. The third kappa shape index (κ3) is 2.51. The molecule has 0 nitrogen and oxygen atoms in total. The zero-order valence-electron chi connectivity index (χ0n) is 4.26. The Balaban J connectivity index is 0.000000640. The quantitative estimate of drug-likeness (QED) is 0.431. The maximum Gasteiger partial charge on any atom is 0.0814 e. The van der Waals surface area contributed by atoms with Crippen molar-refractivity contribution in [2.24, 2.45) is 0 Å². The zero-order chi connectivity index (χ0) is 5.98. The topological polar surface area (TPSA) is 0 Å². The Labute approximate surface area is 68.0 Å². The van der Waals surface area contributed by atoms with Crippen LogP contribution >= 0.6 is 25.2 Å². The zero-order valence-corrected chi connectivity index (χ0v) is 7.01. The van der Waals surface area contributed by atoms with Gasteiger partial charge in [0, 0.05) is 4.47 Å². The van der Waals surface area contributed by atoms with Crippen molar-refractivity contribution >= 4 is 38.9 Å². The van der Waals surface area contributed by atoms with Crippen molar-refractivity contribution in [2.45, 2.75) is 0 Å². The lowest BCUT2D eigenvalue weighted by molar-refractivity contribution is 1.72. The molecule has 0 aromatic heterocycles. The maximum absolute atomic E-state index is 3.37. The Hall–Kier alpha value is 0.195. The Morgan fingerprint density at radius 3 is 2.11 bits per heavy atom. The van der Waals surface area contributed by atoms with Gasteiger partial charge in [-0.05, 0) is 11.4 Å². The maximum atomic E-state index is 3.37. The summed E-state index contributed by atoms with van der Waals surface area (Å²) in [4.78, 5) is 0. The van der Waals surface area contributed by atoms with Crippen molar-refractivity contribution in [3.05, 3.63) is 28.7 Å². The van der Waals surface area contributed by atoms with Crippen molar-refractivity contribution < 1.29 is 0 Å². The van der Waals surface area contributed by atoms with Crippen LogP contribution in [0.15, 0.2) is 28.7 Å². The second-order valence-electron chi connectivity index (χ2n) is 1.52. The van der Waals surface area contributed by atoms with Crippen molar-refractivity contribution in [3.63, 3.8) is 0 Å². The van der Waals surface area contributed by atoms with Crippen LogP contribution in [0, 0.1) is 0 Å². The molecular weight excluding hydrogens is 194 g/mol. The number of hydrogen-bond donors (Lipinski definition) is 0. The van der Waals surface area contributed by atoms with E-state index in [-0.39, 0.29) is 8.41 Å². The van der Waals surface area contributed by atoms with Crippen LogP contribution in [-0.4, -0.2) is 8.41 Å². The molecule has 9 heavy (non-hydrogen) atoms. The Bertz CT molecular complexity index is 169. The van der Waals surface area contributed by atoms with E-state index in [1.54, 1.807) is 0 Å². The molecule has 0 aliphatic heterocycles. The second-order valence-corrected chi connectivity index (χ2v) is 3.00. The molecule has 0 fully saturated rings. The van der Waals surface area contributed by atoms with Crippen LogP contribution in [0.4, 0.5) is 0 Å². The lowest BCUT2D eigenvalue weighted by Gasteiger charge is -1.91. The van der Waals surface area contributed by atoms with Crippen LogP contribution < -0.4 is 5.30 Å². The van der Waals surface area contributed by atoms with Crippen LogP contribution in [0.1, 0.15) is 0 Å². The largest absolute Gasteiger partial charge is 0.104 e. The summed E-state index contributed by atoms with van der Waals surface area (Å²) < 4.78 is 1.14. The lowest BCUT2D eigenvalue weighted by Crippen LogP contribution is -1.88. The van der Waals surface area contributed by atoms with Crippen LogP contribution in [0.3, 0.4) is 0 Å². The summed E-state index contributed by atoms with van der Waals surface area (Å²) in [7, 11) is 2.64. The molecule has 3 heteroatoms. The van der Waals surface area contributed by atoms with Crippen LogP contribution in [0.5, 0.6) is 0 Å². The highest BCUT2D eigenvalue weighted by Crippen LogP contribution is 2.07. The second kappa shape index (κ2) is 4.08. The molecular formula is C6H9BBrP. The number of rotatable bonds is 0. The molecule has 1 aromatic carbocycles. The van der Waals surface area contributed by atoms with Gasteiger partial charge in [-0.1, -0.05) is 34.1 Å². The molecule has 1 unspecified atom stereocenters. The van der Waals surface area contributed by atoms with Gasteiger partial charge in [0.05, 0.1) is 8.41 Å². The van der Waals surface area contributed by atoms with E-state index in [0.29, 0.717) is 0 Å². The number of halogens is 1. The van der Waals surface area contributed by atoms with E-state index >= 15 is 0 Å². The molecule has 1 rings (SSSR count). The van der Waals surface area contributed by atoms with E-state index in [9.17, 15) is 0 Å². The minimum absolute atomic E-state index is 0. The SMILES string of the molecule is B.Pc1ccccc1Br. The summed E-state index contributed by atoms with van der Waals surface area (Å²) in [6.07, 6.45) is 0. The first kappa shape index (κ1) is 9.19. The first-order valence-electron chi connectivity index (χ1n) is 2.31. The average molecular weight is 203 g/mol. The Kier molecular flexibility index (Phi) is 4.17. The van der Waals surface area contributed by atoms with E-state index in [4.69, 9.17) is 0 Å². The van der Waals surface area contributed by atoms with Crippen LogP contribution in [0.25, 0.3) is 0 Å². The van der Waals surface area contributed by atoms with Gasteiger partial charge in [-0.2, -0.15) is 0 Å². The van der Waals surface area contributed by atoms with Gasteiger partial charge in [0.25, 0.3) is 0 Å². The average Bonchev–Trinajstić information content (AvgIpc) is 1.77.